The van der Waals surface area contributed by atoms with E-state index in [1.54, 1.807) is 0 Å². The van der Waals surface area contributed by atoms with Crippen LogP contribution in [-0.4, -0.2) is 68.7 Å². The summed E-state index contributed by atoms with van der Waals surface area (Å²) in [7, 11) is 1.89. The van der Waals surface area contributed by atoms with Gasteiger partial charge in [-0.3, -0.25) is 9.89 Å². The van der Waals surface area contributed by atoms with E-state index in [4.69, 9.17) is 4.74 Å². The quantitative estimate of drug-likeness (QED) is 0.403. The van der Waals surface area contributed by atoms with Gasteiger partial charge >= 0.3 is 0 Å². The first-order chi connectivity index (χ1) is 13.3. The molecule has 0 amide bonds. The van der Waals surface area contributed by atoms with Gasteiger partial charge in [-0.05, 0) is 34.7 Å². The van der Waals surface area contributed by atoms with Crippen LogP contribution in [0.4, 0.5) is 0 Å². The molecule has 6 heteroatoms. The van der Waals surface area contributed by atoms with E-state index in [1.807, 2.05) is 7.05 Å². The van der Waals surface area contributed by atoms with Crippen molar-refractivity contribution in [3.05, 3.63) is 48.0 Å². The molecule has 1 N–H and O–H groups in total. The van der Waals surface area contributed by atoms with Gasteiger partial charge in [0, 0.05) is 46.3 Å². The van der Waals surface area contributed by atoms with Crippen LogP contribution in [0.3, 0.4) is 0 Å². The summed E-state index contributed by atoms with van der Waals surface area (Å²) >= 11 is 0. The molecule has 5 nitrogen and oxygen atoms in total. The number of morpholine rings is 1. The fourth-order valence-electron chi connectivity index (χ4n) is 4.19. The third-order valence-corrected chi connectivity index (χ3v) is 5.68. The number of hydrogen-bond donors (Lipinski definition) is 1. The Kier molecular flexibility index (Phi) is 7.93. The molecule has 2 aliphatic rings. The van der Waals surface area contributed by atoms with Gasteiger partial charge in [-0.1, -0.05) is 36.4 Å². The van der Waals surface area contributed by atoms with Crippen molar-refractivity contribution in [2.45, 2.75) is 13.0 Å². The number of nitrogens with one attached hydrogen (secondary N) is 1. The van der Waals surface area contributed by atoms with Crippen LogP contribution in [-0.2, 0) is 11.3 Å². The van der Waals surface area contributed by atoms with Crippen molar-refractivity contribution in [3.8, 4) is 0 Å². The fraction of sp³-hybridized carbons (Fsp3) is 0.500. The Bertz CT molecular complexity index is 791. The summed E-state index contributed by atoms with van der Waals surface area (Å²) < 4.78 is 5.46. The summed E-state index contributed by atoms with van der Waals surface area (Å²) in [5.41, 5.74) is 1.29. The number of halogens is 1. The SMILES string of the molecule is CN=C(NCc1ccc2ccccc2c1)N1CCC(CN2CCOCC2)C1.I. The highest BCUT2D eigenvalue weighted by atomic mass is 127. The van der Waals surface area contributed by atoms with Crippen molar-refractivity contribution in [1.82, 2.24) is 15.1 Å². The Morgan fingerprint density at radius 1 is 1.11 bits per heavy atom. The molecule has 0 aromatic heterocycles. The summed E-state index contributed by atoms with van der Waals surface area (Å²) in [6, 6.07) is 15.2. The minimum atomic E-state index is 0. The molecule has 0 aliphatic carbocycles. The standard InChI is InChI=1S/C22H30N4O.HI/c1-23-22(24-15-18-6-7-20-4-2-3-5-21(20)14-18)26-9-8-19(17-26)16-25-10-12-27-13-11-25;/h2-7,14,19H,8-13,15-17H2,1H3,(H,23,24);1H. The lowest BCUT2D eigenvalue weighted by atomic mass is 10.1. The number of fused-ring (bicyclic) bond motifs is 1. The van der Waals surface area contributed by atoms with Gasteiger partial charge in [-0.2, -0.15) is 0 Å². The molecule has 4 rings (SSSR count). The van der Waals surface area contributed by atoms with E-state index < -0.39 is 0 Å². The molecule has 28 heavy (non-hydrogen) atoms. The molecule has 152 valence electrons. The van der Waals surface area contributed by atoms with Crippen molar-refractivity contribution in [2.24, 2.45) is 10.9 Å². The molecule has 2 saturated heterocycles. The van der Waals surface area contributed by atoms with Gasteiger partial charge in [0.25, 0.3) is 0 Å². The average molecular weight is 494 g/mol. The summed E-state index contributed by atoms with van der Waals surface area (Å²) in [5.74, 6) is 1.75. The predicted molar refractivity (Wildman–Crippen MR) is 127 cm³/mol. The zero-order chi connectivity index (χ0) is 18.5. The highest BCUT2D eigenvalue weighted by molar-refractivity contribution is 14.0. The van der Waals surface area contributed by atoms with E-state index in [0.29, 0.717) is 0 Å². The monoisotopic (exact) mass is 494 g/mol. The molecular formula is C22H31IN4O. The first-order valence-corrected chi connectivity index (χ1v) is 10.1. The first kappa shape index (κ1) is 21.3. The van der Waals surface area contributed by atoms with E-state index in [-0.39, 0.29) is 24.0 Å². The third-order valence-electron chi connectivity index (χ3n) is 5.68. The second kappa shape index (κ2) is 10.4. The highest BCUT2D eigenvalue weighted by Crippen LogP contribution is 2.19. The van der Waals surface area contributed by atoms with Crippen LogP contribution in [0.15, 0.2) is 47.5 Å². The second-order valence-corrected chi connectivity index (χ2v) is 7.60. The van der Waals surface area contributed by atoms with Gasteiger partial charge in [0.05, 0.1) is 13.2 Å². The Balaban J connectivity index is 0.00000225. The lowest BCUT2D eigenvalue weighted by Crippen LogP contribution is -2.42. The van der Waals surface area contributed by atoms with Crippen molar-refractivity contribution < 1.29 is 4.74 Å². The Morgan fingerprint density at radius 2 is 1.89 bits per heavy atom. The van der Waals surface area contributed by atoms with Gasteiger partial charge in [-0.15, -0.1) is 24.0 Å². The van der Waals surface area contributed by atoms with Crippen molar-refractivity contribution in [1.29, 1.82) is 0 Å². The number of benzene rings is 2. The molecular weight excluding hydrogens is 463 g/mol. The Morgan fingerprint density at radius 3 is 2.68 bits per heavy atom. The second-order valence-electron chi connectivity index (χ2n) is 7.60. The molecule has 2 aromatic carbocycles. The largest absolute Gasteiger partial charge is 0.379 e. The molecule has 0 radical (unpaired) electrons. The number of nitrogens with zero attached hydrogens (tertiary/aromatic N) is 3. The number of hydrogen-bond acceptors (Lipinski definition) is 3. The van der Waals surface area contributed by atoms with Gasteiger partial charge in [0.2, 0.25) is 0 Å². The average Bonchev–Trinajstić information content (AvgIpc) is 3.17. The molecule has 2 aromatic rings. The van der Waals surface area contributed by atoms with E-state index in [2.05, 4.69) is 62.6 Å². The summed E-state index contributed by atoms with van der Waals surface area (Å²) in [6.07, 6.45) is 1.24. The Hall–Kier alpha value is -1.38. The number of guanidine groups is 1. The molecule has 0 spiro atoms. The van der Waals surface area contributed by atoms with E-state index in [1.165, 1.54) is 29.3 Å². The van der Waals surface area contributed by atoms with Crippen LogP contribution in [0, 0.1) is 5.92 Å². The minimum absolute atomic E-state index is 0. The maximum absolute atomic E-state index is 5.46. The maximum Gasteiger partial charge on any atom is 0.193 e. The Labute approximate surface area is 185 Å². The topological polar surface area (TPSA) is 40.1 Å². The summed E-state index contributed by atoms with van der Waals surface area (Å²) in [4.78, 5) is 9.48. The predicted octanol–water partition coefficient (Wildman–Crippen LogP) is 3.19. The van der Waals surface area contributed by atoms with Crippen molar-refractivity contribution >= 4 is 40.7 Å². The minimum Gasteiger partial charge on any atom is -0.379 e. The third kappa shape index (κ3) is 5.36. The van der Waals surface area contributed by atoms with E-state index in [9.17, 15) is 0 Å². The van der Waals surface area contributed by atoms with Crippen LogP contribution >= 0.6 is 24.0 Å². The van der Waals surface area contributed by atoms with Crippen LogP contribution in [0.2, 0.25) is 0 Å². The fourth-order valence-corrected chi connectivity index (χ4v) is 4.19. The maximum atomic E-state index is 5.46. The first-order valence-electron chi connectivity index (χ1n) is 10.1. The van der Waals surface area contributed by atoms with Gasteiger partial charge in [0.1, 0.15) is 0 Å². The molecule has 0 saturated carbocycles. The van der Waals surface area contributed by atoms with E-state index >= 15 is 0 Å². The normalized spacial score (nSPS) is 21.0. The lowest BCUT2D eigenvalue weighted by Gasteiger charge is -2.29. The molecule has 2 heterocycles. The van der Waals surface area contributed by atoms with Crippen molar-refractivity contribution in [3.63, 3.8) is 0 Å². The van der Waals surface area contributed by atoms with Gasteiger partial charge in [-0.25, -0.2) is 0 Å². The molecule has 0 bridgehead atoms. The molecule has 1 unspecified atom stereocenters. The van der Waals surface area contributed by atoms with Gasteiger partial charge in [0.15, 0.2) is 5.96 Å². The number of aliphatic imine (C=N–C) groups is 1. The molecule has 1 atom stereocenters. The number of ether oxygens (including phenoxy) is 1. The molecule has 2 fully saturated rings. The van der Waals surface area contributed by atoms with Crippen LogP contribution < -0.4 is 5.32 Å². The van der Waals surface area contributed by atoms with E-state index in [0.717, 1.165) is 57.8 Å². The highest BCUT2D eigenvalue weighted by Gasteiger charge is 2.27. The van der Waals surface area contributed by atoms with Crippen LogP contribution in [0.25, 0.3) is 10.8 Å². The summed E-state index contributed by atoms with van der Waals surface area (Å²) in [6.45, 7) is 8.08. The van der Waals surface area contributed by atoms with Crippen molar-refractivity contribution in [2.75, 3.05) is 53.0 Å². The summed E-state index contributed by atoms with van der Waals surface area (Å²) in [5, 5.41) is 6.14. The van der Waals surface area contributed by atoms with Gasteiger partial charge < -0.3 is 15.0 Å². The van der Waals surface area contributed by atoms with Crippen LogP contribution in [0.5, 0.6) is 0 Å². The lowest BCUT2D eigenvalue weighted by molar-refractivity contribution is 0.0315. The van der Waals surface area contributed by atoms with Crippen LogP contribution in [0.1, 0.15) is 12.0 Å². The zero-order valence-corrected chi connectivity index (χ0v) is 19.0. The molecule has 2 aliphatic heterocycles. The smallest absolute Gasteiger partial charge is 0.193 e. The number of likely N-dealkylation sites (tertiary alicyclic amines) is 1. The zero-order valence-electron chi connectivity index (χ0n) is 16.6. The number of rotatable bonds is 4.